The topological polar surface area (TPSA) is 147 Å². The Bertz CT molecular complexity index is 2710. The van der Waals surface area contributed by atoms with Gasteiger partial charge < -0.3 is 25.3 Å². The van der Waals surface area contributed by atoms with Crippen molar-refractivity contribution in [2.24, 2.45) is 0 Å². The number of nitriles is 1. The average Bonchev–Trinajstić information content (AvgIpc) is 3.36. The van der Waals surface area contributed by atoms with Gasteiger partial charge in [0.05, 0.1) is 41.2 Å². The lowest BCUT2D eigenvalue weighted by atomic mass is 10.0. The molecule has 13 nitrogen and oxygen atoms in total. The SMILES string of the molecule is C=C(c1ccc(-c2cnc(C)c(C(=O)Nc3ccccc3)n2)cc1)N1CCC(N(C)C)CC1.C=C(c1ccc(-c2cnc(C)c(C(=O)Nc3ccccc3)n2)cc1)N1CCN(CCC#N)CC1.[HH].[HH].[HH].[HH]. The monoisotopic (exact) mass is 902 g/mol. The first kappa shape index (κ1) is 47.4. The second kappa shape index (κ2) is 22.6. The number of nitrogens with zero attached hydrogens (tertiary/aromatic N) is 9. The summed E-state index contributed by atoms with van der Waals surface area (Å²) in [5.74, 6) is -0.545. The van der Waals surface area contributed by atoms with Crippen molar-refractivity contribution in [1.29, 1.82) is 5.26 Å². The smallest absolute Gasteiger partial charge is 0.276 e. The molecule has 2 aromatic heterocycles. The van der Waals surface area contributed by atoms with Crippen molar-refractivity contribution in [3.05, 3.63) is 169 Å². The van der Waals surface area contributed by atoms with Gasteiger partial charge in [0.15, 0.2) is 0 Å². The average molecular weight is 902 g/mol. The van der Waals surface area contributed by atoms with E-state index in [0.29, 0.717) is 52.3 Å². The Morgan fingerprint density at radius 3 is 1.48 bits per heavy atom. The Balaban J connectivity index is 0.000000355. The Kier molecular flexibility index (Phi) is 16.0. The van der Waals surface area contributed by atoms with Crippen LogP contribution < -0.4 is 10.6 Å². The van der Waals surface area contributed by atoms with Crippen LogP contribution in [-0.2, 0) is 0 Å². The van der Waals surface area contributed by atoms with E-state index in [-0.39, 0.29) is 17.5 Å². The molecule has 0 aliphatic carbocycles. The molecule has 0 radical (unpaired) electrons. The molecule has 6 aromatic rings. The third-order valence-corrected chi connectivity index (χ3v) is 12.3. The zero-order valence-corrected chi connectivity index (χ0v) is 39.0. The molecule has 4 aromatic carbocycles. The molecule has 2 aliphatic rings. The van der Waals surface area contributed by atoms with Crippen molar-refractivity contribution in [2.75, 3.05) is 70.5 Å². The summed E-state index contributed by atoms with van der Waals surface area (Å²) in [7, 11) is 4.30. The number of anilines is 2. The van der Waals surface area contributed by atoms with E-state index in [1.807, 2.05) is 97.1 Å². The summed E-state index contributed by atoms with van der Waals surface area (Å²) >= 11 is 0. The number of rotatable bonds is 13. The zero-order chi connectivity index (χ0) is 47.3. The molecule has 0 unspecified atom stereocenters. The number of carbonyl (C=O) groups excluding carboxylic acids is 2. The number of hydrogen-bond acceptors (Lipinski definition) is 11. The van der Waals surface area contributed by atoms with Crippen LogP contribution in [0.1, 0.15) is 68.5 Å². The Hall–Kier alpha value is -7.53. The first-order chi connectivity index (χ1) is 32.5. The van der Waals surface area contributed by atoms with Gasteiger partial charge in [-0.1, -0.05) is 98.1 Å². The van der Waals surface area contributed by atoms with Gasteiger partial charge in [-0.05, 0) is 76.2 Å². The van der Waals surface area contributed by atoms with Crippen molar-refractivity contribution < 1.29 is 15.3 Å². The number of piperazine rings is 1. The van der Waals surface area contributed by atoms with Gasteiger partial charge in [0.1, 0.15) is 11.4 Å². The molecule has 350 valence electrons. The number of likely N-dealkylation sites (tertiary alicyclic amines) is 1. The van der Waals surface area contributed by atoms with Gasteiger partial charge in [0, 0.05) is 97.9 Å². The number of hydrogen-bond donors (Lipinski definition) is 2. The highest BCUT2D eigenvalue weighted by molar-refractivity contribution is 6.04. The zero-order valence-electron chi connectivity index (χ0n) is 39.0. The van der Waals surface area contributed by atoms with Crippen LogP contribution in [0.3, 0.4) is 0 Å². The molecule has 2 N–H and O–H groups in total. The minimum Gasteiger partial charge on any atom is -0.371 e. The Morgan fingerprint density at radius 1 is 0.657 bits per heavy atom. The molecular weight excluding hydrogens is 835 g/mol. The summed E-state index contributed by atoms with van der Waals surface area (Å²) in [5.41, 5.74) is 10.6. The molecule has 2 saturated heterocycles. The van der Waals surface area contributed by atoms with E-state index >= 15 is 0 Å². The van der Waals surface area contributed by atoms with Crippen molar-refractivity contribution in [1.82, 2.24) is 39.5 Å². The fourth-order valence-electron chi connectivity index (χ4n) is 8.16. The van der Waals surface area contributed by atoms with Crippen molar-refractivity contribution in [2.45, 2.75) is 39.2 Å². The number of aryl methyl sites for hydroxylation is 2. The predicted octanol–water partition coefficient (Wildman–Crippen LogP) is 9.89. The number of amides is 2. The molecule has 0 spiro atoms. The van der Waals surface area contributed by atoms with E-state index < -0.39 is 0 Å². The van der Waals surface area contributed by atoms with Crippen molar-refractivity contribution in [3.63, 3.8) is 0 Å². The molecule has 13 heteroatoms. The second-order valence-electron chi connectivity index (χ2n) is 17.0. The van der Waals surface area contributed by atoms with Gasteiger partial charge in [0.2, 0.25) is 0 Å². The lowest BCUT2D eigenvalue weighted by Gasteiger charge is -2.37. The van der Waals surface area contributed by atoms with Gasteiger partial charge in [-0.25, -0.2) is 9.97 Å². The normalized spacial score (nSPS) is 14.1. The highest BCUT2D eigenvalue weighted by atomic mass is 16.2. The maximum Gasteiger partial charge on any atom is 0.276 e. The van der Waals surface area contributed by atoms with E-state index in [9.17, 15) is 9.59 Å². The van der Waals surface area contributed by atoms with Crippen LogP contribution in [0.2, 0.25) is 0 Å². The minimum absolute atomic E-state index is 0. The van der Waals surface area contributed by atoms with Crippen LogP contribution in [0.4, 0.5) is 11.4 Å². The molecule has 2 aliphatic heterocycles. The number of carbonyl (C=O) groups is 2. The lowest BCUT2D eigenvalue weighted by molar-refractivity contribution is 0.101. The fourth-order valence-corrected chi connectivity index (χ4v) is 8.16. The van der Waals surface area contributed by atoms with Crippen LogP contribution in [0.25, 0.3) is 33.9 Å². The molecule has 4 heterocycles. The molecule has 0 saturated carbocycles. The van der Waals surface area contributed by atoms with Crippen LogP contribution >= 0.6 is 0 Å². The van der Waals surface area contributed by atoms with Crippen LogP contribution in [-0.4, -0.2) is 117 Å². The quantitative estimate of drug-likeness (QED) is 0.114. The minimum atomic E-state index is -0.281. The van der Waals surface area contributed by atoms with Crippen molar-refractivity contribution >= 4 is 34.6 Å². The standard InChI is InChI=1S/C27H28N6O.C27H31N5O.4H2/c1-20-26(27(34)30-24-7-4-3-5-8-24)31-25(19-29-20)23-11-9-22(10-12-23)21(2)33-17-15-32(16-18-33)14-6-13-28;1-19-26(27(33)29-23-8-6-5-7-9-23)30-25(18-28-19)22-12-10-21(11-13-22)20(2)32-16-14-24(15-17-32)31(3)4;;;;/h3-5,7-12,19H,2,6,14-18H2,1H3,(H,30,34);5-13,18,24H,2,14-17H2,1,3-4H3,(H,29,33);4*1H. The number of nitrogens with one attached hydrogen (secondary N) is 2. The summed E-state index contributed by atoms with van der Waals surface area (Å²) in [4.78, 5) is 52.9. The molecule has 2 amide bonds. The largest absolute Gasteiger partial charge is 0.371 e. The summed E-state index contributed by atoms with van der Waals surface area (Å²) in [6.07, 6.45) is 6.27. The van der Waals surface area contributed by atoms with Gasteiger partial charge >= 0.3 is 0 Å². The molecule has 0 bridgehead atoms. The first-order valence-electron chi connectivity index (χ1n) is 22.7. The van der Waals surface area contributed by atoms with E-state index in [1.165, 1.54) is 0 Å². The summed E-state index contributed by atoms with van der Waals surface area (Å²) in [5, 5.41) is 14.5. The van der Waals surface area contributed by atoms with Gasteiger partial charge in [0.25, 0.3) is 11.8 Å². The maximum absolute atomic E-state index is 12.8. The number of aromatic nitrogens is 4. The second-order valence-corrected chi connectivity index (χ2v) is 17.0. The van der Waals surface area contributed by atoms with Crippen molar-refractivity contribution in [3.8, 4) is 28.6 Å². The van der Waals surface area contributed by atoms with E-state index in [1.54, 1.807) is 26.2 Å². The maximum atomic E-state index is 12.8. The van der Waals surface area contributed by atoms with Crippen LogP contribution in [0.5, 0.6) is 0 Å². The van der Waals surface area contributed by atoms with E-state index in [4.69, 9.17) is 5.26 Å². The van der Waals surface area contributed by atoms with E-state index in [2.05, 4.69) is 95.6 Å². The highest BCUT2D eigenvalue weighted by Crippen LogP contribution is 2.27. The summed E-state index contributed by atoms with van der Waals surface area (Å²) in [6.45, 7) is 18.8. The van der Waals surface area contributed by atoms with Gasteiger partial charge in [-0.2, -0.15) is 5.26 Å². The fraction of sp³-hybridized carbons (Fsp3) is 0.278. The third-order valence-electron chi connectivity index (χ3n) is 12.3. The Morgan fingerprint density at radius 2 is 1.07 bits per heavy atom. The molecule has 2 fully saturated rings. The molecular formula is C54H67N11O2. The highest BCUT2D eigenvalue weighted by Gasteiger charge is 2.23. The number of piperidine rings is 1. The first-order valence-corrected chi connectivity index (χ1v) is 22.7. The predicted molar refractivity (Wildman–Crippen MR) is 276 cm³/mol. The van der Waals surface area contributed by atoms with E-state index in [0.717, 1.165) is 98.0 Å². The summed E-state index contributed by atoms with van der Waals surface area (Å²) in [6, 6.07) is 37.7. The number of benzene rings is 4. The third kappa shape index (κ3) is 12.4. The molecule has 67 heavy (non-hydrogen) atoms. The van der Waals surface area contributed by atoms with Gasteiger partial charge in [-0.15, -0.1) is 0 Å². The molecule has 8 rings (SSSR count). The van der Waals surface area contributed by atoms with Gasteiger partial charge in [-0.3, -0.25) is 24.5 Å². The van der Waals surface area contributed by atoms with Crippen LogP contribution in [0, 0.1) is 25.2 Å². The Labute approximate surface area is 400 Å². The number of para-hydroxylation sites is 2. The van der Waals surface area contributed by atoms with Crippen LogP contribution in [0.15, 0.2) is 135 Å². The molecule has 0 atom stereocenters. The summed E-state index contributed by atoms with van der Waals surface area (Å²) < 4.78 is 0. The lowest BCUT2D eigenvalue weighted by Crippen LogP contribution is -2.45.